The van der Waals surface area contributed by atoms with Gasteiger partial charge in [-0.25, -0.2) is 0 Å². The summed E-state index contributed by atoms with van der Waals surface area (Å²) < 4.78 is 5.71. The first-order valence-corrected chi connectivity index (χ1v) is 7.94. The van der Waals surface area contributed by atoms with Gasteiger partial charge < -0.3 is 14.6 Å². The summed E-state index contributed by atoms with van der Waals surface area (Å²) in [6.07, 6.45) is -0.559. The normalized spacial score (nSPS) is 17.7. The van der Waals surface area contributed by atoms with E-state index in [0.717, 1.165) is 22.6 Å². The van der Waals surface area contributed by atoms with Crippen LogP contribution < -0.4 is 10.2 Å². The Labute approximate surface area is 146 Å². The number of nitrogens with one attached hydrogen (secondary N) is 1. The Bertz CT molecular complexity index is 892. The third kappa shape index (κ3) is 2.68. The van der Waals surface area contributed by atoms with Gasteiger partial charge in [0.25, 0.3) is 5.91 Å². The molecule has 122 valence electrons. The fraction of sp³-hybridized carbons (Fsp3) is 0.222. The maximum Gasteiger partial charge on any atom is 0.266 e. The first kappa shape index (κ1) is 16.2. The second-order valence-corrected chi connectivity index (χ2v) is 6.22. The highest BCUT2D eigenvalue weighted by molar-refractivity contribution is 7.84. The van der Waals surface area contributed by atoms with E-state index in [4.69, 9.17) is 4.42 Å². The molecule has 0 radical (unpaired) electrons. The van der Waals surface area contributed by atoms with Crippen LogP contribution in [0.4, 0.5) is 5.69 Å². The minimum absolute atomic E-state index is 0.0150. The van der Waals surface area contributed by atoms with E-state index in [1.807, 2.05) is 62.1 Å². The Hall–Kier alpha value is -2.65. The van der Waals surface area contributed by atoms with Crippen LogP contribution in [-0.4, -0.2) is 5.91 Å². The lowest BCUT2D eigenvalue weighted by molar-refractivity contribution is -0.118. The topological polar surface area (TPSA) is 69.3 Å². The van der Waals surface area contributed by atoms with E-state index >= 15 is 0 Å². The SMILES string of the molecule is Cc1ccc(C)c(N2C(S)=C(C#N)C(=O)NC2c2ccc(C)o2)c1. The highest BCUT2D eigenvalue weighted by Gasteiger charge is 2.36. The molecule has 2 heterocycles. The van der Waals surface area contributed by atoms with Crippen LogP contribution in [0.1, 0.15) is 28.8 Å². The van der Waals surface area contributed by atoms with Gasteiger partial charge in [-0.3, -0.25) is 4.79 Å². The number of carbonyl (C=O) groups is 1. The summed E-state index contributed by atoms with van der Waals surface area (Å²) in [5.41, 5.74) is 2.93. The molecular weight excluding hydrogens is 322 g/mol. The number of hydrogen-bond donors (Lipinski definition) is 2. The number of carbonyl (C=O) groups excluding carboxylic acids is 1. The molecule has 1 aromatic carbocycles. The van der Waals surface area contributed by atoms with E-state index < -0.39 is 12.1 Å². The standard InChI is InChI=1S/C18H17N3O2S/c1-10-4-5-11(2)14(8-10)21-16(15-7-6-12(3)23-15)20-17(22)13(9-19)18(21)24/h4-8,16,24H,1-3H3,(H,20,22). The van der Waals surface area contributed by atoms with Crippen LogP contribution in [-0.2, 0) is 4.79 Å². The van der Waals surface area contributed by atoms with Crippen molar-refractivity contribution < 1.29 is 9.21 Å². The lowest BCUT2D eigenvalue weighted by Crippen LogP contribution is -2.46. The summed E-state index contributed by atoms with van der Waals surface area (Å²) in [5, 5.41) is 12.5. The van der Waals surface area contributed by atoms with E-state index in [9.17, 15) is 10.1 Å². The van der Waals surface area contributed by atoms with Crippen molar-refractivity contribution in [2.45, 2.75) is 26.9 Å². The monoisotopic (exact) mass is 339 g/mol. The van der Waals surface area contributed by atoms with Crippen molar-refractivity contribution in [1.82, 2.24) is 5.32 Å². The molecule has 2 aromatic rings. The lowest BCUT2D eigenvalue weighted by Gasteiger charge is -2.37. The van der Waals surface area contributed by atoms with Gasteiger partial charge in [0, 0.05) is 5.69 Å². The van der Waals surface area contributed by atoms with Crippen LogP contribution >= 0.6 is 12.6 Å². The maximum atomic E-state index is 12.2. The van der Waals surface area contributed by atoms with Crippen LogP contribution in [0.15, 0.2) is 45.4 Å². The predicted molar refractivity (Wildman–Crippen MR) is 94.3 cm³/mol. The van der Waals surface area contributed by atoms with Gasteiger partial charge in [0.05, 0.1) is 5.03 Å². The second kappa shape index (κ2) is 6.10. The Morgan fingerprint density at radius 3 is 2.62 bits per heavy atom. The fourth-order valence-corrected chi connectivity index (χ4v) is 3.11. The van der Waals surface area contributed by atoms with E-state index in [2.05, 4.69) is 17.9 Å². The van der Waals surface area contributed by atoms with Gasteiger partial charge in [0.2, 0.25) is 0 Å². The van der Waals surface area contributed by atoms with E-state index in [1.165, 1.54) is 0 Å². The molecule has 0 spiro atoms. The third-order valence-corrected chi connectivity index (χ3v) is 4.41. The number of aryl methyl sites for hydroxylation is 3. The fourth-order valence-electron chi connectivity index (χ4n) is 2.74. The number of rotatable bonds is 2. The summed E-state index contributed by atoms with van der Waals surface area (Å²) in [7, 11) is 0. The smallest absolute Gasteiger partial charge is 0.266 e. The molecule has 0 fully saturated rings. The van der Waals surface area contributed by atoms with Gasteiger partial charge in [-0.15, -0.1) is 12.6 Å². The molecule has 1 amide bonds. The number of anilines is 1. The van der Waals surface area contributed by atoms with Crippen molar-refractivity contribution in [3.63, 3.8) is 0 Å². The predicted octanol–water partition coefficient (Wildman–Crippen LogP) is 3.50. The molecule has 1 unspecified atom stereocenters. The van der Waals surface area contributed by atoms with Gasteiger partial charge in [-0.1, -0.05) is 12.1 Å². The number of hydrogen-bond acceptors (Lipinski definition) is 5. The summed E-state index contributed by atoms with van der Waals surface area (Å²) in [6.45, 7) is 5.81. The van der Waals surface area contributed by atoms with E-state index in [0.29, 0.717) is 10.8 Å². The van der Waals surface area contributed by atoms with Crippen molar-refractivity contribution in [3.05, 3.63) is 63.6 Å². The van der Waals surface area contributed by atoms with E-state index in [-0.39, 0.29) is 5.57 Å². The highest BCUT2D eigenvalue weighted by atomic mass is 32.1. The van der Waals surface area contributed by atoms with Crippen molar-refractivity contribution in [2.75, 3.05) is 4.90 Å². The van der Waals surface area contributed by atoms with Gasteiger partial charge in [0.1, 0.15) is 23.2 Å². The maximum absolute atomic E-state index is 12.2. The third-order valence-electron chi connectivity index (χ3n) is 3.97. The average Bonchev–Trinajstić information content (AvgIpc) is 2.96. The van der Waals surface area contributed by atoms with Crippen molar-refractivity contribution >= 4 is 24.2 Å². The molecule has 0 saturated heterocycles. The summed E-state index contributed by atoms with van der Waals surface area (Å²) in [5.74, 6) is 0.879. The number of thiol groups is 1. The van der Waals surface area contributed by atoms with Crippen molar-refractivity contribution in [2.24, 2.45) is 0 Å². The average molecular weight is 339 g/mol. The minimum atomic E-state index is -0.559. The summed E-state index contributed by atoms with van der Waals surface area (Å²) in [6, 6.07) is 11.6. The molecule has 24 heavy (non-hydrogen) atoms. The largest absolute Gasteiger partial charge is 0.462 e. The van der Waals surface area contributed by atoms with Gasteiger partial charge >= 0.3 is 0 Å². The molecule has 1 aromatic heterocycles. The van der Waals surface area contributed by atoms with Crippen LogP contribution in [0.2, 0.25) is 0 Å². The number of amides is 1. The van der Waals surface area contributed by atoms with E-state index in [1.54, 1.807) is 0 Å². The Balaban J connectivity index is 2.22. The van der Waals surface area contributed by atoms with Gasteiger partial charge in [0.15, 0.2) is 6.17 Å². The molecule has 1 N–H and O–H groups in total. The number of nitriles is 1. The molecule has 0 bridgehead atoms. The molecule has 0 saturated carbocycles. The molecule has 6 heteroatoms. The highest BCUT2D eigenvalue weighted by Crippen LogP contribution is 2.38. The first-order chi connectivity index (χ1) is 11.4. The molecule has 1 atom stereocenters. The molecular formula is C18H17N3O2S. The second-order valence-electron chi connectivity index (χ2n) is 5.79. The first-order valence-electron chi connectivity index (χ1n) is 7.49. The zero-order chi connectivity index (χ0) is 17.4. The van der Waals surface area contributed by atoms with Crippen LogP contribution in [0, 0.1) is 32.1 Å². The molecule has 5 nitrogen and oxygen atoms in total. The Kier molecular flexibility index (Phi) is 4.12. The summed E-state index contributed by atoms with van der Waals surface area (Å²) >= 11 is 4.48. The lowest BCUT2D eigenvalue weighted by atomic mass is 10.1. The Morgan fingerprint density at radius 1 is 1.25 bits per heavy atom. The number of benzene rings is 1. The van der Waals surface area contributed by atoms with Crippen LogP contribution in [0.25, 0.3) is 0 Å². The zero-order valence-electron chi connectivity index (χ0n) is 13.6. The summed E-state index contributed by atoms with van der Waals surface area (Å²) in [4.78, 5) is 14.1. The van der Waals surface area contributed by atoms with Crippen LogP contribution in [0.3, 0.4) is 0 Å². The molecule has 3 rings (SSSR count). The van der Waals surface area contributed by atoms with Crippen LogP contribution in [0.5, 0.6) is 0 Å². The molecule has 0 aliphatic carbocycles. The quantitative estimate of drug-likeness (QED) is 0.822. The minimum Gasteiger partial charge on any atom is -0.462 e. The van der Waals surface area contributed by atoms with Gasteiger partial charge in [-0.2, -0.15) is 5.26 Å². The van der Waals surface area contributed by atoms with Crippen molar-refractivity contribution in [1.29, 1.82) is 5.26 Å². The molecule has 1 aliphatic heterocycles. The Morgan fingerprint density at radius 2 is 2.00 bits per heavy atom. The zero-order valence-corrected chi connectivity index (χ0v) is 14.5. The number of nitrogens with zero attached hydrogens (tertiary/aromatic N) is 2. The number of furan rings is 1. The van der Waals surface area contributed by atoms with Gasteiger partial charge in [-0.05, 0) is 50.1 Å². The molecule has 1 aliphatic rings. The van der Waals surface area contributed by atoms with Crippen molar-refractivity contribution in [3.8, 4) is 6.07 Å².